The van der Waals surface area contributed by atoms with Crippen molar-refractivity contribution < 1.29 is 0 Å². The zero-order valence-corrected chi connectivity index (χ0v) is 18.2. The van der Waals surface area contributed by atoms with E-state index in [0.717, 1.165) is 41.5 Å². The van der Waals surface area contributed by atoms with Crippen molar-refractivity contribution in [3.8, 4) is 0 Å². The molecule has 0 bridgehead atoms. The molecule has 2 aromatic carbocycles. The lowest BCUT2D eigenvalue weighted by Crippen LogP contribution is -2.45. The molecule has 4 nitrogen and oxygen atoms in total. The van der Waals surface area contributed by atoms with Crippen molar-refractivity contribution in [3.63, 3.8) is 0 Å². The third-order valence-electron chi connectivity index (χ3n) is 6.05. The molecule has 3 aromatic rings. The van der Waals surface area contributed by atoms with E-state index < -0.39 is 0 Å². The van der Waals surface area contributed by atoms with Crippen molar-refractivity contribution in [3.05, 3.63) is 65.0 Å². The summed E-state index contributed by atoms with van der Waals surface area (Å²) in [7, 11) is 0. The highest BCUT2D eigenvalue weighted by Crippen LogP contribution is 2.24. The summed E-state index contributed by atoms with van der Waals surface area (Å²) in [6.07, 6.45) is 5.92. The van der Waals surface area contributed by atoms with Gasteiger partial charge in [-0.2, -0.15) is 0 Å². The monoisotopic (exact) mass is 406 g/mol. The van der Waals surface area contributed by atoms with Gasteiger partial charge in [0, 0.05) is 25.6 Å². The Morgan fingerprint density at radius 2 is 1.86 bits per heavy atom. The molecule has 29 heavy (non-hydrogen) atoms. The van der Waals surface area contributed by atoms with Gasteiger partial charge in [0.2, 0.25) is 0 Å². The van der Waals surface area contributed by atoms with Crippen LogP contribution in [0.2, 0.25) is 0 Å². The van der Waals surface area contributed by atoms with E-state index in [0.29, 0.717) is 6.04 Å². The highest BCUT2D eigenvalue weighted by atomic mass is 32.1. The molecule has 0 saturated heterocycles. The lowest BCUT2D eigenvalue weighted by molar-refractivity contribution is 0.311. The molecule has 1 aliphatic carbocycles. The van der Waals surface area contributed by atoms with Crippen LogP contribution in [0.25, 0.3) is 11.0 Å². The quantitative estimate of drug-likeness (QED) is 0.563. The molecule has 1 heterocycles. The lowest BCUT2D eigenvalue weighted by atomic mass is 10.1. The molecule has 0 atom stereocenters. The van der Waals surface area contributed by atoms with Crippen LogP contribution in [-0.4, -0.2) is 32.6 Å². The number of aromatic amines is 1. The van der Waals surface area contributed by atoms with Crippen molar-refractivity contribution in [1.82, 2.24) is 20.2 Å². The number of nitrogens with zero attached hydrogens (tertiary/aromatic N) is 2. The lowest BCUT2D eigenvalue weighted by Gasteiger charge is -2.31. The third kappa shape index (κ3) is 4.78. The maximum absolute atomic E-state index is 5.81. The maximum Gasteiger partial charge on any atom is 0.169 e. The summed E-state index contributed by atoms with van der Waals surface area (Å²) in [4.78, 5) is 10.7. The number of hydrogen-bond donors (Lipinski definition) is 2. The summed E-state index contributed by atoms with van der Waals surface area (Å²) in [6, 6.07) is 15.4. The average Bonchev–Trinajstić information content (AvgIpc) is 3.38. The van der Waals surface area contributed by atoms with Gasteiger partial charge in [-0.05, 0) is 67.7 Å². The van der Waals surface area contributed by atoms with E-state index in [4.69, 9.17) is 17.2 Å². The Labute approximate surface area is 178 Å². The first kappa shape index (κ1) is 19.9. The number of aryl methyl sites for hydroxylation is 2. The second-order valence-corrected chi connectivity index (χ2v) is 8.55. The van der Waals surface area contributed by atoms with E-state index in [1.54, 1.807) is 0 Å². The minimum absolute atomic E-state index is 0.541. The Bertz CT molecular complexity index is 934. The number of thiocarbonyl (C=S) groups is 1. The molecule has 1 aromatic heterocycles. The second-order valence-electron chi connectivity index (χ2n) is 8.16. The minimum atomic E-state index is 0.541. The van der Waals surface area contributed by atoms with Crippen molar-refractivity contribution >= 4 is 28.4 Å². The van der Waals surface area contributed by atoms with Crippen LogP contribution in [0.5, 0.6) is 0 Å². The fourth-order valence-electron chi connectivity index (χ4n) is 4.21. The molecule has 1 fully saturated rings. The van der Waals surface area contributed by atoms with Crippen LogP contribution in [0.4, 0.5) is 0 Å². The maximum atomic E-state index is 5.81. The summed E-state index contributed by atoms with van der Waals surface area (Å²) < 4.78 is 0. The SMILES string of the molecule is Cc1cc2nc(CCN(C(=S)NCc3ccccc3)C3CCCC3)[nH]c2cc1C. The first-order valence-electron chi connectivity index (χ1n) is 10.6. The van der Waals surface area contributed by atoms with Gasteiger partial charge in [-0.25, -0.2) is 4.98 Å². The normalized spacial score (nSPS) is 14.4. The van der Waals surface area contributed by atoms with E-state index in [1.807, 2.05) is 6.07 Å². The molecule has 0 amide bonds. The predicted octanol–water partition coefficient (Wildman–Crippen LogP) is 5.04. The molecule has 0 radical (unpaired) electrons. The Hall–Kier alpha value is -2.40. The summed E-state index contributed by atoms with van der Waals surface area (Å²) in [6.45, 7) is 5.95. The molecular weight excluding hydrogens is 376 g/mol. The molecule has 0 spiro atoms. The Morgan fingerprint density at radius 1 is 1.14 bits per heavy atom. The zero-order valence-electron chi connectivity index (χ0n) is 17.4. The average molecular weight is 407 g/mol. The number of hydrogen-bond acceptors (Lipinski definition) is 2. The number of H-pyrrole nitrogens is 1. The van der Waals surface area contributed by atoms with E-state index >= 15 is 0 Å². The topological polar surface area (TPSA) is 44.0 Å². The standard InChI is InChI=1S/C24H30N4S/c1-17-14-21-22(15-18(17)2)27-23(26-21)12-13-28(20-10-6-7-11-20)24(29)25-16-19-8-4-3-5-9-19/h3-5,8-9,14-15,20H,6-7,10-13,16H2,1-2H3,(H,25,29)(H,26,27). The zero-order chi connectivity index (χ0) is 20.2. The number of nitrogens with one attached hydrogen (secondary N) is 2. The number of rotatable bonds is 6. The molecule has 152 valence electrons. The van der Waals surface area contributed by atoms with Crippen LogP contribution in [0.1, 0.15) is 48.2 Å². The van der Waals surface area contributed by atoms with Crippen LogP contribution in [0.3, 0.4) is 0 Å². The second kappa shape index (κ2) is 8.95. The van der Waals surface area contributed by atoms with E-state index in [2.05, 4.69) is 65.4 Å². The smallest absolute Gasteiger partial charge is 0.169 e. The van der Waals surface area contributed by atoms with Crippen molar-refractivity contribution in [1.29, 1.82) is 0 Å². The van der Waals surface area contributed by atoms with Gasteiger partial charge in [0.15, 0.2) is 5.11 Å². The predicted molar refractivity (Wildman–Crippen MR) is 124 cm³/mol. The summed E-state index contributed by atoms with van der Waals surface area (Å²) >= 11 is 5.81. The van der Waals surface area contributed by atoms with Gasteiger partial charge in [-0.15, -0.1) is 0 Å². The molecule has 0 aliphatic heterocycles. The molecule has 5 heteroatoms. The largest absolute Gasteiger partial charge is 0.358 e. The molecule has 1 saturated carbocycles. The number of fused-ring (bicyclic) bond motifs is 1. The van der Waals surface area contributed by atoms with Crippen LogP contribution < -0.4 is 5.32 Å². The van der Waals surface area contributed by atoms with Gasteiger partial charge in [-0.3, -0.25) is 0 Å². The van der Waals surface area contributed by atoms with Crippen LogP contribution >= 0.6 is 12.2 Å². The number of aromatic nitrogens is 2. The van der Waals surface area contributed by atoms with Gasteiger partial charge in [0.05, 0.1) is 11.0 Å². The Balaban J connectivity index is 1.43. The van der Waals surface area contributed by atoms with Gasteiger partial charge in [0.25, 0.3) is 0 Å². The summed E-state index contributed by atoms with van der Waals surface area (Å²) in [5.41, 5.74) is 6.02. The highest BCUT2D eigenvalue weighted by molar-refractivity contribution is 7.80. The van der Waals surface area contributed by atoms with Crippen LogP contribution in [0.15, 0.2) is 42.5 Å². The molecule has 0 unspecified atom stereocenters. The summed E-state index contributed by atoms with van der Waals surface area (Å²) in [5.74, 6) is 1.04. The molecule has 1 aliphatic rings. The van der Waals surface area contributed by atoms with Gasteiger partial charge >= 0.3 is 0 Å². The Kier molecular flexibility index (Phi) is 6.14. The van der Waals surface area contributed by atoms with Gasteiger partial charge in [-0.1, -0.05) is 43.2 Å². The molecule has 2 N–H and O–H groups in total. The van der Waals surface area contributed by atoms with Crippen molar-refractivity contribution in [2.24, 2.45) is 0 Å². The van der Waals surface area contributed by atoms with E-state index in [-0.39, 0.29) is 0 Å². The number of benzene rings is 2. The number of imidazole rings is 1. The van der Waals surface area contributed by atoms with Gasteiger partial charge < -0.3 is 15.2 Å². The van der Waals surface area contributed by atoms with Crippen LogP contribution in [0, 0.1) is 13.8 Å². The fraction of sp³-hybridized carbons (Fsp3) is 0.417. The van der Waals surface area contributed by atoms with Crippen LogP contribution in [-0.2, 0) is 13.0 Å². The third-order valence-corrected chi connectivity index (χ3v) is 6.43. The molecule has 4 rings (SSSR count). The Morgan fingerprint density at radius 3 is 2.62 bits per heavy atom. The first-order valence-corrected chi connectivity index (χ1v) is 11.1. The minimum Gasteiger partial charge on any atom is -0.358 e. The summed E-state index contributed by atoms with van der Waals surface area (Å²) in [5, 5.41) is 4.34. The molecular formula is C24H30N4S. The fourth-order valence-corrected chi connectivity index (χ4v) is 4.52. The first-order chi connectivity index (χ1) is 14.1. The van der Waals surface area contributed by atoms with Gasteiger partial charge in [0.1, 0.15) is 5.82 Å². The van der Waals surface area contributed by atoms with E-state index in [9.17, 15) is 0 Å². The van der Waals surface area contributed by atoms with Crippen molar-refractivity contribution in [2.75, 3.05) is 6.54 Å². The van der Waals surface area contributed by atoms with Crippen molar-refractivity contribution in [2.45, 2.75) is 58.5 Å². The van der Waals surface area contributed by atoms with E-state index in [1.165, 1.54) is 42.4 Å². The highest BCUT2D eigenvalue weighted by Gasteiger charge is 2.24.